The highest BCUT2D eigenvalue weighted by Gasteiger charge is 2.59. The Balaban J connectivity index is 1.11. The van der Waals surface area contributed by atoms with Gasteiger partial charge < -0.3 is 25.6 Å². The van der Waals surface area contributed by atoms with Crippen LogP contribution in [0.1, 0.15) is 110 Å². The zero-order valence-corrected chi connectivity index (χ0v) is 33.1. The van der Waals surface area contributed by atoms with Gasteiger partial charge in [0.05, 0.1) is 22.5 Å². The molecule has 2 aliphatic carbocycles. The quantitative estimate of drug-likeness (QED) is 0.122. The zero-order valence-electron chi connectivity index (χ0n) is 32.3. The average Bonchev–Trinajstić information content (AvgIpc) is 3.77. The Morgan fingerprint density at radius 2 is 1.80 bits per heavy atom. The van der Waals surface area contributed by atoms with Gasteiger partial charge in [-0.15, -0.1) is 0 Å². The van der Waals surface area contributed by atoms with Crippen molar-refractivity contribution in [3.63, 3.8) is 0 Å². The number of fused-ring (bicyclic) bond motifs is 3. The molecule has 4 N–H and O–H groups in total. The third kappa shape index (κ3) is 8.23. The molecular formula is C40H56N6O7S. The molecule has 3 fully saturated rings. The van der Waals surface area contributed by atoms with E-state index in [4.69, 9.17) is 9.72 Å². The number of allylic oxidation sites excluding steroid dienone is 1. The molecule has 1 aromatic carbocycles. The summed E-state index contributed by atoms with van der Waals surface area (Å²) in [5.74, 6) is -0.982. The predicted molar refractivity (Wildman–Crippen MR) is 206 cm³/mol. The molecule has 1 aromatic heterocycles. The Kier molecular flexibility index (Phi) is 11.1. The number of hydrogen-bond donors (Lipinski definition) is 4. The van der Waals surface area contributed by atoms with Crippen LogP contribution in [0.4, 0.5) is 4.79 Å². The molecule has 5 amide bonds. The van der Waals surface area contributed by atoms with E-state index in [0.29, 0.717) is 50.8 Å². The number of carbonyl (C=O) groups is 4. The molecule has 0 bridgehead atoms. The number of amides is 5. The van der Waals surface area contributed by atoms with Crippen LogP contribution in [0.25, 0.3) is 10.9 Å². The fourth-order valence-corrected chi connectivity index (χ4v) is 9.33. The van der Waals surface area contributed by atoms with Crippen molar-refractivity contribution in [3.8, 4) is 5.75 Å². The van der Waals surface area contributed by atoms with E-state index in [1.807, 2.05) is 64.1 Å². The maximum atomic E-state index is 14.2. The first-order valence-electron chi connectivity index (χ1n) is 19.4. The number of benzene rings is 1. The highest BCUT2D eigenvalue weighted by Crippen LogP contribution is 2.46. The van der Waals surface area contributed by atoms with Crippen LogP contribution < -0.4 is 25.4 Å². The number of pyridine rings is 1. The van der Waals surface area contributed by atoms with Gasteiger partial charge in [-0.3, -0.25) is 19.1 Å². The molecule has 13 nitrogen and oxygen atoms in total. The monoisotopic (exact) mass is 764 g/mol. The number of urea groups is 1. The van der Waals surface area contributed by atoms with Gasteiger partial charge >= 0.3 is 6.03 Å². The van der Waals surface area contributed by atoms with Gasteiger partial charge in [0.25, 0.3) is 5.91 Å². The normalized spacial score (nSPS) is 25.8. The van der Waals surface area contributed by atoms with Gasteiger partial charge in [0.2, 0.25) is 22.3 Å². The van der Waals surface area contributed by atoms with Gasteiger partial charge in [-0.2, -0.15) is 0 Å². The van der Waals surface area contributed by atoms with Crippen LogP contribution in [-0.2, 0) is 30.8 Å². The van der Waals surface area contributed by atoms with Gasteiger partial charge in [0.15, 0.2) is 0 Å². The van der Waals surface area contributed by atoms with Crippen molar-refractivity contribution < 1.29 is 32.3 Å². The molecular weight excluding hydrogens is 709 g/mol. The molecule has 0 radical (unpaired) electrons. The lowest BCUT2D eigenvalue weighted by Gasteiger charge is -2.47. The summed E-state index contributed by atoms with van der Waals surface area (Å²) in [5, 5.41) is 9.76. The first-order chi connectivity index (χ1) is 25.5. The number of ether oxygens (including phenoxy) is 1. The van der Waals surface area contributed by atoms with E-state index in [1.54, 1.807) is 6.92 Å². The lowest BCUT2D eigenvalue weighted by molar-refractivity contribution is -0.141. The zero-order chi connectivity index (χ0) is 38.9. The van der Waals surface area contributed by atoms with Crippen molar-refractivity contribution in [2.75, 3.05) is 13.1 Å². The van der Waals surface area contributed by atoms with Crippen molar-refractivity contribution in [2.45, 2.75) is 139 Å². The minimum absolute atomic E-state index is 0.176. The molecule has 294 valence electrons. The number of likely N-dealkylation sites (tertiary alicyclic amines) is 1. The van der Waals surface area contributed by atoms with E-state index in [1.165, 1.54) is 4.90 Å². The standard InChI is InChI=1S/C40H56N6O7S/c1-27-33-30(29-15-11-12-16-31(29)42-27)18-19-39(53-33)24-32(46(25-39)26-47)34(48)43-40(35(49)45-54(51,52)38(5)21-22-38)20-17-28(40)14-10-8-6-7-9-13-23-41-36(50)44-37(2,3)4/h10-12,14-16,26,28,32H,6-9,13,17-25H2,1-5H3,(H,43,48)(H,45,49)(H2,41,44,50). The molecule has 6 rings (SSSR count). The van der Waals surface area contributed by atoms with Crippen molar-refractivity contribution in [1.82, 2.24) is 30.6 Å². The molecule has 4 atom stereocenters. The van der Waals surface area contributed by atoms with E-state index in [-0.39, 0.29) is 31.0 Å². The number of para-hydroxylation sites is 1. The third-order valence-electron chi connectivity index (χ3n) is 11.6. The number of sulfonamides is 1. The fourth-order valence-electron chi connectivity index (χ4n) is 8.01. The molecule has 14 heteroatoms. The topological polar surface area (TPSA) is 176 Å². The molecule has 4 aliphatic rings. The number of unbranched alkanes of at least 4 members (excludes halogenated alkanes) is 4. The van der Waals surface area contributed by atoms with Crippen LogP contribution in [0, 0.1) is 12.8 Å². The van der Waals surface area contributed by atoms with E-state index in [2.05, 4.69) is 20.7 Å². The molecule has 2 aliphatic heterocycles. The Morgan fingerprint density at radius 3 is 2.48 bits per heavy atom. The summed E-state index contributed by atoms with van der Waals surface area (Å²) in [6.45, 7) is 10.1. The Bertz CT molecular complexity index is 1920. The first-order valence-corrected chi connectivity index (χ1v) is 20.9. The second-order valence-electron chi connectivity index (χ2n) is 17.1. The van der Waals surface area contributed by atoms with Crippen molar-refractivity contribution >= 4 is 45.2 Å². The van der Waals surface area contributed by atoms with E-state index >= 15 is 0 Å². The van der Waals surface area contributed by atoms with Crippen molar-refractivity contribution in [2.24, 2.45) is 5.92 Å². The second-order valence-corrected chi connectivity index (χ2v) is 19.3. The minimum Gasteiger partial charge on any atom is -0.483 e. The summed E-state index contributed by atoms with van der Waals surface area (Å²) in [6, 6.07) is 6.84. The molecule has 1 spiro atoms. The average molecular weight is 765 g/mol. The highest BCUT2D eigenvalue weighted by molar-refractivity contribution is 7.91. The summed E-state index contributed by atoms with van der Waals surface area (Å²) < 4.78 is 34.4. The van der Waals surface area contributed by atoms with Gasteiger partial charge in [0.1, 0.15) is 22.9 Å². The number of aromatic nitrogens is 1. The largest absolute Gasteiger partial charge is 0.483 e. The minimum atomic E-state index is -3.96. The maximum absolute atomic E-state index is 14.2. The lowest BCUT2D eigenvalue weighted by atomic mass is 9.65. The summed E-state index contributed by atoms with van der Waals surface area (Å²) in [7, 11) is -3.96. The van der Waals surface area contributed by atoms with Gasteiger partial charge in [-0.25, -0.2) is 18.2 Å². The number of nitrogens with one attached hydrogen (secondary N) is 4. The van der Waals surface area contributed by atoms with Gasteiger partial charge in [-0.05, 0) is 98.5 Å². The first kappa shape index (κ1) is 39.5. The van der Waals surface area contributed by atoms with Crippen LogP contribution in [0.15, 0.2) is 36.4 Å². The highest BCUT2D eigenvalue weighted by atomic mass is 32.2. The van der Waals surface area contributed by atoms with Crippen LogP contribution in [-0.4, -0.2) is 83.1 Å². The molecule has 4 unspecified atom stereocenters. The summed E-state index contributed by atoms with van der Waals surface area (Å²) in [6.07, 6.45) is 12.3. The van der Waals surface area contributed by atoms with Crippen LogP contribution in [0.5, 0.6) is 5.75 Å². The van der Waals surface area contributed by atoms with E-state index < -0.39 is 49.7 Å². The van der Waals surface area contributed by atoms with E-state index in [9.17, 15) is 27.6 Å². The molecule has 2 saturated carbocycles. The van der Waals surface area contributed by atoms with Crippen molar-refractivity contribution in [3.05, 3.63) is 47.7 Å². The molecule has 54 heavy (non-hydrogen) atoms. The SMILES string of the molecule is Cc1nc2ccccc2c2c1OC1(CC2)CC(C(=O)NC2(C(=O)NS(=O)(=O)C3(C)CC3)CCC2C=CCCCCCCNC(=O)NC(C)(C)C)N(C=O)C1. The fraction of sp³-hybridized carbons (Fsp3) is 0.625. The molecule has 2 aromatic rings. The molecule has 1 saturated heterocycles. The lowest BCUT2D eigenvalue weighted by Crippen LogP contribution is -2.70. The smallest absolute Gasteiger partial charge is 0.315 e. The Hall–Kier alpha value is -4.20. The third-order valence-corrected chi connectivity index (χ3v) is 13.8. The number of aryl methyl sites for hydroxylation is 2. The van der Waals surface area contributed by atoms with Crippen LogP contribution >= 0.6 is 0 Å². The van der Waals surface area contributed by atoms with E-state index in [0.717, 1.165) is 54.3 Å². The van der Waals surface area contributed by atoms with Crippen molar-refractivity contribution in [1.29, 1.82) is 0 Å². The van der Waals surface area contributed by atoms with Crippen LogP contribution in [0.2, 0.25) is 0 Å². The van der Waals surface area contributed by atoms with Crippen LogP contribution in [0.3, 0.4) is 0 Å². The Labute approximate surface area is 318 Å². The summed E-state index contributed by atoms with van der Waals surface area (Å²) >= 11 is 0. The number of carbonyl (C=O) groups excluding carboxylic acids is 4. The predicted octanol–water partition coefficient (Wildman–Crippen LogP) is 4.71. The van der Waals surface area contributed by atoms with Gasteiger partial charge in [-0.1, -0.05) is 43.2 Å². The number of hydrogen-bond acceptors (Lipinski definition) is 8. The second kappa shape index (κ2) is 15.1. The number of nitrogens with zero attached hydrogens (tertiary/aromatic N) is 2. The Morgan fingerprint density at radius 1 is 1.06 bits per heavy atom. The summed E-state index contributed by atoms with van der Waals surface area (Å²) in [5.41, 5.74) is 0.131. The number of rotatable bonds is 14. The summed E-state index contributed by atoms with van der Waals surface area (Å²) in [4.78, 5) is 58.8. The molecule has 3 heterocycles. The van der Waals surface area contributed by atoms with Gasteiger partial charge in [0, 0.05) is 35.4 Å². The maximum Gasteiger partial charge on any atom is 0.315 e.